The second-order valence-electron chi connectivity index (χ2n) is 3.38. The summed E-state index contributed by atoms with van der Waals surface area (Å²) in [5.74, 6) is 0.765. The largest absolute Gasteiger partial charge is 0.375 e. The zero-order chi connectivity index (χ0) is 12.3. The van der Waals surface area contributed by atoms with E-state index in [1.807, 2.05) is 6.92 Å². The van der Waals surface area contributed by atoms with Gasteiger partial charge in [0.2, 0.25) is 0 Å². The van der Waals surface area contributed by atoms with E-state index in [2.05, 4.69) is 20.4 Å². The Kier molecular flexibility index (Phi) is 3.43. The number of nitrogens with one attached hydrogen (secondary N) is 2. The lowest BCUT2D eigenvalue weighted by Gasteiger charge is -2.07. The first-order valence-electron chi connectivity index (χ1n) is 5.20. The van der Waals surface area contributed by atoms with E-state index in [-0.39, 0.29) is 10.6 Å². The van der Waals surface area contributed by atoms with E-state index in [1.54, 1.807) is 12.4 Å². The maximum absolute atomic E-state index is 11.7. The molecule has 0 radical (unpaired) electrons. The number of nitrogens with zero attached hydrogens (tertiary/aromatic N) is 3. The average molecular weight is 254 g/mol. The molecule has 2 N–H and O–H groups in total. The summed E-state index contributed by atoms with van der Waals surface area (Å²) in [6.07, 6.45) is 4.92. The van der Waals surface area contributed by atoms with Crippen molar-refractivity contribution < 1.29 is 0 Å². The van der Waals surface area contributed by atoms with Gasteiger partial charge in [-0.25, -0.2) is 9.67 Å². The first-order chi connectivity index (χ1) is 8.22. The highest BCUT2D eigenvalue weighted by Gasteiger charge is 2.08. The normalized spacial score (nSPS) is 10.5. The van der Waals surface area contributed by atoms with Crippen molar-refractivity contribution in [2.24, 2.45) is 0 Å². The van der Waals surface area contributed by atoms with Crippen molar-refractivity contribution in [2.75, 3.05) is 5.32 Å². The Morgan fingerprint density at radius 3 is 3.06 bits per heavy atom. The van der Waals surface area contributed by atoms with E-state index in [1.165, 1.54) is 10.9 Å². The number of aromatic nitrogens is 4. The van der Waals surface area contributed by atoms with Crippen LogP contribution >= 0.6 is 11.6 Å². The van der Waals surface area contributed by atoms with Crippen LogP contribution in [0.1, 0.15) is 12.7 Å². The van der Waals surface area contributed by atoms with Crippen LogP contribution in [0.3, 0.4) is 0 Å². The van der Waals surface area contributed by atoms with Gasteiger partial charge in [0, 0.05) is 18.9 Å². The van der Waals surface area contributed by atoms with Crippen molar-refractivity contribution in [3.63, 3.8) is 0 Å². The summed E-state index contributed by atoms with van der Waals surface area (Å²) in [4.78, 5) is 18.7. The third kappa shape index (κ3) is 2.47. The summed E-state index contributed by atoms with van der Waals surface area (Å²) in [6.45, 7) is 2.79. The quantitative estimate of drug-likeness (QED) is 0.860. The van der Waals surface area contributed by atoms with E-state index in [0.29, 0.717) is 18.8 Å². The number of aromatic amines is 1. The number of anilines is 1. The Balaban J connectivity index is 2.17. The van der Waals surface area contributed by atoms with Crippen molar-refractivity contribution in [2.45, 2.75) is 20.0 Å². The number of halogens is 1. The molecule has 0 bridgehead atoms. The van der Waals surface area contributed by atoms with Gasteiger partial charge in [0.25, 0.3) is 5.56 Å². The topological polar surface area (TPSA) is 75.6 Å². The Labute approximate surface area is 103 Å². The fraction of sp³-hybridized carbons (Fsp3) is 0.300. The first-order valence-corrected chi connectivity index (χ1v) is 5.58. The SMILES string of the molecule is CCn1ncc(NCc2ncc[nH]2)c(Cl)c1=O. The molecule has 0 aliphatic heterocycles. The maximum atomic E-state index is 11.7. The molecule has 2 rings (SSSR count). The molecule has 17 heavy (non-hydrogen) atoms. The van der Waals surface area contributed by atoms with Crippen molar-refractivity contribution in [1.82, 2.24) is 19.7 Å². The van der Waals surface area contributed by atoms with Gasteiger partial charge in [-0.3, -0.25) is 4.79 Å². The Bertz CT molecular complexity index is 548. The molecule has 0 spiro atoms. The van der Waals surface area contributed by atoms with Crippen LogP contribution < -0.4 is 10.9 Å². The molecule has 0 saturated heterocycles. The van der Waals surface area contributed by atoms with Gasteiger partial charge in [0.05, 0.1) is 18.4 Å². The maximum Gasteiger partial charge on any atom is 0.287 e. The lowest BCUT2D eigenvalue weighted by molar-refractivity contribution is 0.616. The molecule has 90 valence electrons. The summed E-state index contributed by atoms with van der Waals surface area (Å²) in [7, 11) is 0. The highest BCUT2D eigenvalue weighted by Crippen LogP contribution is 2.15. The van der Waals surface area contributed by atoms with Gasteiger partial charge in [0.15, 0.2) is 0 Å². The number of hydrogen-bond acceptors (Lipinski definition) is 4. The van der Waals surface area contributed by atoms with E-state index < -0.39 is 0 Å². The highest BCUT2D eigenvalue weighted by atomic mass is 35.5. The highest BCUT2D eigenvalue weighted by molar-refractivity contribution is 6.32. The molecule has 2 heterocycles. The van der Waals surface area contributed by atoms with E-state index in [9.17, 15) is 4.79 Å². The van der Waals surface area contributed by atoms with Gasteiger partial charge in [-0.15, -0.1) is 0 Å². The average Bonchev–Trinajstić information content (AvgIpc) is 2.84. The van der Waals surface area contributed by atoms with E-state index in [0.717, 1.165) is 5.82 Å². The van der Waals surface area contributed by atoms with Gasteiger partial charge in [-0.2, -0.15) is 5.10 Å². The predicted octanol–water partition coefficient (Wildman–Crippen LogP) is 1.25. The number of imidazole rings is 1. The molecule has 0 atom stereocenters. The molecule has 7 heteroatoms. The fourth-order valence-electron chi connectivity index (χ4n) is 1.39. The molecule has 2 aromatic heterocycles. The number of rotatable bonds is 4. The molecule has 0 fully saturated rings. The Morgan fingerprint density at radius 1 is 1.59 bits per heavy atom. The first kappa shape index (κ1) is 11.7. The molecule has 6 nitrogen and oxygen atoms in total. The molecule has 0 aliphatic carbocycles. The van der Waals surface area contributed by atoms with Gasteiger partial charge in [-0.05, 0) is 6.92 Å². The lowest BCUT2D eigenvalue weighted by atomic mass is 10.4. The minimum Gasteiger partial charge on any atom is -0.375 e. The summed E-state index contributed by atoms with van der Waals surface area (Å²) in [6, 6.07) is 0. The standard InChI is InChI=1S/C10H12ClN5O/c1-2-16-10(17)9(11)7(5-15-16)14-6-8-12-3-4-13-8/h3-5,14H,2,6H2,1H3,(H,12,13). The molecule has 0 amide bonds. The molecule has 0 unspecified atom stereocenters. The van der Waals surface area contributed by atoms with Crippen LogP contribution in [0.2, 0.25) is 5.02 Å². The van der Waals surface area contributed by atoms with Gasteiger partial charge >= 0.3 is 0 Å². The summed E-state index contributed by atoms with van der Waals surface area (Å²) < 4.78 is 1.31. The third-order valence-electron chi connectivity index (χ3n) is 2.29. The van der Waals surface area contributed by atoms with Crippen molar-refractivity contribution >= 4 is 17.3 Å². The van der Waals surface area contributed by atoms with Crippen molar-refractivity contribution in [1.29, 1.82) is 0 Å². The predicted molar refractivity (Wildman–Crippen MR) is 65.1 cm³/mol. The van der Waals surface area contributed by atoms with Gasteiger partial charge < -0.3 is 10.3 Å². The second-order valence-corrected chi connectivity index (χ2v) is 3.76. The van der Waals surface area contributed by atoms with E-state index in [4.69, 9.17) is 11.6 Å². The molecule has 0 aromatic carbocycles. The molecule has 0 saturated carbocycles. The van der Waals surface area contributed by atoms with Crippen molar-refractivity contribution in [3.05, 3.63) is 39.8 Å². The fourth-order valence-corrected chi connectivity index (χ4v) is 1.60. The Morgan fingerprint density at radius 2 is 2.41 bits per heavy atom. The van der Waals surface area contributed by atoms with Crippen LogP contribution in [-0.4, -0.2) is 19.7 Å². The second kappa shape index (κ2) is 5.01. The van der Waals surface area contributed by atoms with Crippen LogP contribution in [0.15, 0.2) is 23.4 Å². The number of aryl methyl sites for hydroxylation is 1. The summed E-state index contributed by atoms with van der Waals surface area (Å²) >= 11 is 5.95. The van der Waals surface area contributed by atoms with E-state index >= 15 is 0 Å². The van der Waals surface area contributed by atoms with Crippen LogP contribution in [0, 0.1) is 0 Å². The molecule has 2 aromatic rings. The van der Waals surface area contributed by atoms with Crippen molar-refractivity contribution in [3.8, 4) is 0 Å². The minimum atomic E-state index is -0.293. The minimum absolute atomic E-state index is 0.147. The van der Waals surface area contributed by atoms with Gasteiger partial charge in [-0.1, -0.05) is 11.6 Å². The van der Waals surface area contributed by atoms with Crippen LogP contribution in [-0.2, 0) is 13.1 Å². The summed E-state index contributed by atoms with van der Waals surface area (Å²) in [5, 5.41) is 7.14. The molecular formula is C10H12ClN5O. The number of hydrogen-bond donors (Lipinski definition) is 2. The Hall–Kier alpha value is -1.82. The summed E-state index contributed by atoms with van der Waals surface area (Å²) in [5.41, 5.74) is 0.219. The monoisotopic (exact) mass is 253 g/mol. The lowest BCUT2D eigenvalue weighted by Crippen LogP contribution is -2.23. The van der Waals surface area contributed by atoms with Crippen LogP contribution in [0.4, 0.5) is 5.69 Å². The van der Waals surface area contributed by atoms with Gasteiger partial charge in [0.1, 0.15) is 10.8 Å². The smallest absolute Gasteiger partial charge is 0.287 e. The molecular weight excluding hydrogens is 242 g/mol. The number of H-pyrrole nitrogens is 1. The molecule has 0 aliphatic rings. The van der Waals surface area contributed by atoms with Crippen LogP contribution in [0.25, 0.3) is 0 Å². The zero-order valence-electron chi connectivity index (χ0n) is 9.27. The zero-order valence-corrected chi connectivity index (χ0v) is 10.0. The van der Waals surface area contributed by atoms with Crippen LogP contribution in [0.5, 0.6) is 0 Å². The third-order valence-corrected chi connectivity index (χ3v) is 2.65.